The number of phenols is 1. The number of anilines is 1. The van der Waals surface area contributed by atoms with Gasteiger partial charge in [0, 0.05) is 50.9 Å². The van der Waals surface area contributed by atoms with E-state index >= 15 is 0 Å². The maximum Gasteiger partial charge on any atom is 0.293 e. The Morgan fingerprint density at radius 3 is 2.54 bits per heavy atom. The van der Waals surface area contributed by atoms with Crippen molar-refractivity contribution in [3.8, 4) is 16.9 Å². The number of hydrogen-bond donors (Lipinski definition) is 1. The third-order valence-electron chi connectivity index (χ3n) is 7.34. The Morgan fingerprint density at radius 1 is 1.20 bits per heavy atom. The molecule has 2 saturated heterocycles. The molecule has 3 aliphatic rings. The molecule has 1 aromatic carbocycles. The van der Waals surface area contributed by atoms with Crippen molar-refractivity contribution in [1.29, 1.82) is 0 Å². The highest BCUT2D eigenvalue weighted by Gasteiger charge is 2.48. The highest BCUT2D eigenvalue weighted by molar-refractivity contribution is 5.76. The number of nitrogens with zero attached hydrogens (tertiary/aromatic N) is 4. The number of rotatable bonds is 5. The second-order valence-corrected chi connectivity index (χ2v) is 9.83. The van der Waals surface area contributed by atoms with E-state index in [1.54, 1.807) is 13.0 Å². The molecular formula is C26H34F2N4O3. The summed E-state index contributed by atoms with van der Waals surface area (Å²) in [7, 11) is 2.20. The smallest absolute Gasteiger partial charge is 0.293 e. The lowest BCUT2D eigenvalue weighted by Crippen LogP contribution is -2.54. The van der Waals surface area contributed by atoms with Crippen molar-refractivity contribution in [3.63, 3.8) is 0 Å². The minimum Gasteiger partial charge on any atom is -0.505 e. The standard InChI is InChI=1S/C23H28F2N4O.C3H6O2/c1-27-14-23(15-27)5-4-18(12-23)28-6-8-29(9-7-28)22-19(11-17(24)13-26-22)16-2-3-20(25)21(30)10-16;1-2-5-3-4/h2-3,10-11,13,18,30H,4-9,12,14-15H2,1H3;3H,2H2,1H3. The Kier molecular flexibility index (Phi) is 7.86. The van der Waals surface area contributed by atoms with Crippen molar-refractivity contribution in [2.75, 3.05) is 57.8 Å². The summed E-state index contributed by atoms with van der Waals surface area (Å²) in [5.41, 5.74) is 1.69. The van der Waals surface area contributed by atoms with Gasteiger partial charge in [-0.2, -0.15) is 0 Å². The SMILES string of the molecule is CCOC=O.CN1CC2(CCC(N3CCN(c4ncc(F)cc4-c4ccc(F)c(O)c4)CC3)C2)C1. The number of halogens is 2. The maximum atomic E-state index is 14.0. The predicted octanol–water partition coefficient (Wildman–Crippen LogP) is 3.52. The molecule has 3 fully saturated rings. The van der Waals surface area contributed by atoms with Crippen LogP contribution in [0.15, 0.2) is 30.5 Å². The van der Waals surface area contributed by atoms with Gasteiger partial charge < -0.3 is 19.6 Å². The van der Waals surface area contributed by atoms with E-state index in [1.807, 2.05) is 0 Å². The van der Waals surface area contributed by atoms with Crippen LogP contribution in [0.4, 0.5) is 14.6 Å². The Bertz CT molecular complexity index is 1020. The number of likely N-dealkylation sites (tertiary alicyclic amines) is 1. The van der Waals surface area contributed by atoms with Crippen LogP contribution in [0.25, 0.3) is 11.1 Å². The fourth-order valence-corrected chi connectivity index (χ4v) is 5.82. The van der Waals surface area contributed by atoms with E-state index < -0.39 is 17.4 Å². The molecule has 1 N–H and O–H groups in total. The summed E-state index contributed by atoms with van der Waals surface area (Å²) in [5, 5.41) is 9.76. The first-order chi connectivity index (χ1) is 16.8. The van der Waals surface area contributed by atoms with Crippen molar-refractivity contribution < 1.29 is 23.4 Å². The van der Waals surface area contributed by atoms with E-state index in [4.69, 9.17) is 0 Å². The second kappa shape index (κ2) is 10.9. The van der Waals surface area contributed by atoms with Gasteiger partial charge in [-0.1, -0.05) is 6.07 Å². The quantitative estimate of drug-likeness (QED) is 0.646. The number of benzene rings is 1. The van der Waals surface area contributed by atoms with Crippen LogP contribution in [0.5, 0.6) is 5.75 Å². The number of hydrogen-bond acceptors (Lipinski definition) is 7. The molecule has 1 saturated carbocycles. The summed E-state index contributed by atoms with van der Waals surface area (Å²) >= 11 is 0. The van der Waals surface area contributed by atoms with Gasteiger partial charge in [-0.05, 0) is 62.4 Å². The zero-order valence-electron chi connectivity index (χ0n) is 20.4. The number of carbonyl (C=O) groups excluding carboxylic acids is 1. The fourth-order valence-electron chi connectivity index (χ4n) is 5.82. The molecule has 2 aromatic rings. The lowest BCUT2D eigenvalue weighted by molar-refractivity contribution is -0.128. The summed E-state index contributed by atoms with van der Waals surface area (Å²) in [5.74, 6) is -0.891. The van der Waals surface area contributed by atoms with Crippen LogP contribution in [-0.4, -0.2) is 85.3 Å². The van der Waals surface area contributed by atoms with Gasteiger partial charge in [-0.25, -0.2) is 13.8 Å². The largest absolute Gasteiger partial charge is 0.505 e. The van der Waals surface area contributed by atoms with Gasteiger partial charge in [0.2, 0.25) is 0 Å². The van der Waals surface area contributed by atoms with E-state index in [0.717, 1.165) is 26.2 Å². The Morgan fingerprint density at radius 2 is 1.94 bits per heavy atom. The van der Waals surface area contributed by atoms with Crippen LogP contribution in [0.3, 0.4) is 0 Å². The first-order valence-electron chi connectivity index (χ1n) is 12.2. The number of piperazine rings is 1. The van der Waals surface area contributed by atoms with Crippen molar-refractivity contribution in [1.82, 2.24) is 14.8 Å². The average molecular weight is 489 g/mol. The molecule has 5 rings (SSSR count). The Hall–Kier alpha value is -2.78. The zero-order valence-corrected chi connectivity index (χ0v) is 20.4. The number of phenolic OH excluding ortho intramolecular Hbond substituents is 1. The van der Waals surface area contributed by atoms with Crippen LogP contribution in [0, 0.1) is 17.0 Å². The lowest BCUT2D eigenvalue weighted by Gasteiger charge is -2.47. The molecule has 0 radical (unpaired) electrons. The van der Waals surface area contributed by atoms with Gasteiger partial charge in [0.15, 0.2) is 11.6 Å². The Labute approximate surface area is 205 Å². The molecule has 1 aromatic heterocycles. The number of pyridine rings is 1. The third-order valence-corrected chi connectivity index (χ3v) is 7.34. The van der Waals surface area contributed by atoms with Crippen LogP contribution in [0.1, 0.15) is 26.2 Å². The van der Waals surface area contributed by atoms with Gasteiger partial charge in [0.25, 0.3) is 6.47 Å². The molecule has 7 nitrogen and oxygen atoms in total. The minimum atomic E-state index is -0.690. The van der Waals surface area contributed by atoms with Crippen LogP contribution in [-0.2, 0) is 9.53 Å². The molecule has 0 amide bonds. The van der Waals surface area contributed by atoms with E-state index in [2.05, 4.69) is 31.5 Å². The molecule has 9 heteroatoms. The third kappa shape index (κ3) is 5.73. The first kappa shape index (κ1) is 25.3. The molecule has 190 valence electrons. The molecule has 1 atom stereocenters. The Balaban J connectivity index is 0.000000527. The summed E-state index contributed by atoms with van der Waals surface area (Å²) in [6, 6.07) is 6.16. The predicted molar refractivity (Wildman–Crippen MR) is 130 cm³/mol. The number of aromatic hydroxyl groups is 1. The molecule has 3 heterocycles. The van der Waals surface area contributed by atoms with Crippen molar-refractivity contribution in [2.24, 2.45) is 5.41 Å². The molecule has 1 spiro atoms. The van der Waals surface area contributed by atoms with Gasteiger partial charge in [0.05, 0.1) is 12.8 Å². The zero-order chi connectivity index (χ0) is 25.0. The van der Waals surface area contributed by atoms with E-state index in [1.165, 1.54) is 56.7 Å². The average Bonchev–Trinajstić information content (AvgIpc) is 3.27. The second-order valence-electron chi connectivity index (χ2n) is 9.83. The van der Waals surface area contributed by atoms with Crippen molar-refractivity contribution in [3.05, 3.63) is 42.1 Å². The van der Waals surface area contributed by atoms with Crippen LogP contribution < -0.4 is 4.90 Å². The van der Waals surface area contributed by atoms with Gasteiger partial charge in [-0.15, -0.1) is 0 Å². The maximum absolute atomic E-state index is 14.0. The van der Waals surface area contributed by atoms with E-state index in [0.29, 0.717) is 41.5 Å². The van der Waals surface area contributed by atoms with Crippen molar-refractivity contribution >= 4 is 12.3 Å². The fraction of sp³-hybridized carbons (Fsp3) is 0.538. The van der Waals surface area contributed by atoms with Gasteiger partial charge in [-0.3, -0.25) is 9.69 Å². The van der Waals surface area contributed by atoms with Gasteiger partial charge in [0.1, 0.15) is 11.6 Å². The number of carbonyl (C=O) groups is 1. The molecule has 1 aliphatic carbocycles. The topological polar surface area (TPSA) is 69.1 Å². The van der Waals surface area contributed by atoms with E-state index in [-0.39, 0.29) is 0 Å². The number of aromatic nitrogens is 1. The highest BCUT2D eigenvalue weighted by atomic mass is 19.1. The summed E-state index contributed by atoms with van der Waals surface area (Å²) in [4.78, 5) is 20.7. The summed E-state index contributed by atoms with van der Waals surface area (Å²) in [6.07, 6.45) is 5.14. The highest BCUT2D eigenvalue weighted by Crippen LogP contribution is 2.46. The monoisotopic (exact) mass is 488 g/mol. The lowest BCUT2D eigenvalue weighted by atomic mass is 9.78. The van der Waals surface area contributed by atoms with Crippen LogP contribution >= 0.6 is 0 Å². The minimum absolute atomic E-state index is 0.431. The normalized spacial score (nSPS) is 21.8. The molecule has 35 heavy (non-hydrogen) atoms. The number of ether oxygens (including phenoxy) is 1. The molecule has 0 bridgehead atoms. The molecule has 2 aliphatic heterocycles. The van der Waals surface area contributed by atoms with E-state index in [9.17, 15) is 18.7 Å². The van der Waals surface area contributed by atoms with Crippen LogP contribution in [0.2, 0.25) is 0 Å². The molecular weight excluding hydrogens is 454 g/mol. The summed E-state index contributed by atoms with van der Waals surface area (Å²) in [6.45, 7) is 8.70. The molecule has 1 unspecified atom stereocenters. The first-order valence-corrected chi connectivity index (χ1v) is 12.2. The van der Waals surface area contributed by atoms with Crippen molar-refractivity contribution in [2.45, 2.75) is 32.2 Å². The summed E-state index contributed by atoms with van der Waals surface area (Å²) < 4.78 is 31.6. The van der Waals surface area contributed by atoms with Gasteiger partial charge >= 0.3 is 0 Å².